The normalized spacial score (nSPS) is 19.1. The molecular formula is C20H26N4O3. The van der Waals surface area contributed by atoms with E-state index in [4.69, 9.17) is 4.74 Å². The summed E-state index contributed by atoms with van der Waals surface area (Å²) >= 11 is 0. The Morgan fingerprint density at radius 3 is 2.74 bits per heavy atom. The zero-order chi connectivity index (χ0) is 19.2. The second kappa shape index (κ2) is 8.81. The predicted octanol–water partition coefficient (Wildman–Crippen LogP) is 2.40. The van der Waals surface area contributed by atoms with E-state index in [1.807, 2.05) is 44.2 Å². The van der Waals surface area contributed by atoms with E-state index in [1.165, 1.54) is 4.90 Å². The smallest absolute Gasteiger partial charge is 0.410 e. The maximum atomic E-state index is 12.3. The van der Waals surface area contributed by atoms with Gasteiger partial charge in [0.2, 0.25) is 0 Å². The molecule has 1 aliphatic rings. The first-order chi connectivity index (χ1) is 13.1. The quantitative estimate of drug-likeness (QED) is 0.812. The van der Waals surface area contributed by atoms with Gasteiger partial charge in [-0.2, -0.15) is 0 Å². The summed E-state index contributed by atoms with van der Waals surface area (Å²) in [6, 6.07) is 9.23. The van der Waals surface area contributed by atoms with Crippen molar-refractivity contribution in [2.45, 2.75) is 45.4 Å². The number of β-amino-alcohol motifs (C(OH)–C–C–N with tert-alkyl or cyclic N) is 1. The second-order valence-electron chi connectivity index (χ2n) is 6.63. The lowest BCUT2D eigenvalue weighted by molar-refractivity contribution is 0.0971. The molecule has 2 atom stereocenters. The predicted molar refractivity (Wildman–Crippen MR) is 102 cm³/mol. The maximum Gasteiger partial charge on any atom is 0.410 e. The molecule has 7 nitrogen and oxygen atoms in total. The van der Waals surface area contributed by atoms with Gasteiger partial charge < -0.3 is 20.1 Å². The van der Waals surface area contributed by atoms with Crippen LogP contribution in [0.1, 0.15) is 30.8 Å². The van der Waals surface area contributed by atoms with E-state index in [0.29, 0.717) is 12.4 Å². The number of carbonyl (C=O) groups excluding carboxylic acids is 1. The molecular weight excluding hydrogens is 344 g/mol. The van der Waals surface area contributed by atoms with E-state index in [0.717, 1.165) is 29.8 Å². The largest absolute Gasteiger partial charge is 0.445 e. The van der Waals surface area contributed by atoms with Crippen molar-refractivity contribution in [1.82, 2.24) is 14.9 Å². The number of aliphatic hydroxyl groups excluding tert-OH is 1. The van der Waals surface area contributed by atoms with E-state index in [9.17, 15) is 9.90 Å². The SMILES string of the molecule is CCc1cnc(CC)c(N[C@@H]2CN(C(=O)OCc3ccccc3)C[C@H]2O)n1. The molecule has 0 bridgehead atoms. The fourth-order valence-corrected chi connectivity index (χ4v) is 3.06. The van der Waals surface area contributed by atoms with Gasteiger partial charge in [0.15, 0.2) is 0 Å². The average molecular weight is 370 g/mol. The summed E-state index contributed by atoms with van der Waals surface area (Å²) < 4.78 is 5.36. The van der Waals surface area contributed by atoms with Crippen LogP contribution in [0.25, 0.3) is 0 Å². The third kappa shape index (κ3) is 4.74. The molecule has 1 fully saturated rings. The minimum Gasteiger partial charge on any atom is -0.445 e. The second-order valence-corrected chi connectivity index (χ2v) is 6.63. The summed E-state index contributed by atoms with van der Waals surface area (Å²) in [7, 11) is 0. The molecule has 0 spiro atoms. The number of nitrogens with zero attached hydrogens (tertiary/aromatic N) is 3. The van der Waals surface area contributed by atoms with E-state index in [2.05, 4.69) is 15.3 Å². The molecule has 2 heterocycles. The molecule has 0 radical (unpaired) electrons. The number of aromatic nitrogens is 2. The van der Waals surface area contributed by atoms with Crippen molar-refractivity contribution >= 4 is 11.9 Å². The standard InChI is InChI=1S/C20H26N4O3/c1-3-15-10-21-16(4-2)19(22-15)23-17-11-24(12-18(17)25)20(26)27-13-14-8-6-5-7-9-14/h5-10,17-18,25H,3-4,11-13H2,1-2H3,(H,22,23)/t17-,18-/m1/s1. The Hall–Kier alpha value is -2.67. The van der Waals surface area contributed by atoms with Crippen LogP contribution in [-0.2, 0) is 24.2 Å². The minimum atomic E-state index is -0.689. The van der Waals surface area contributed by atoms with E-state index in [1.54, 1.807) is 6.20 Å². The monoisotopic (exact) mass is 370 g/mol. The number of aryl methyl sites for hydroxylation is 2. The first-order valence-electron chi connectivity index (χ1n) is 9.35. The summed E-state index contributed by atoms with van der Waals surface area (Å²) in [6.45, 7) is 4.84. The van der Waals surface area contributed by atoms with Crippen molar-refractivity contribution in [3.8, 4) is 0 Å². The number of rotatable bonds is 6. The molecule has 7 heteroatoms. The van der Waals surface area contributed by atoms with Crippen LogP contribution in [0.15, 0.2) is 36.5 Å². The number of carbonyl (C=O) groups is 1. The van der Waals surface area contributed by atoms with E-state index < -0.39 is 12.2 Å². The van der Waals surface area contributed by atoms with E-state index in [-0.39, 0.29) is 19.2 Å². The van der Waals surface area contributed by atoms with Crippen LogP contribution >= 0.6 is 0 Å². The molecule has 27 heavy (non-hydrogen) atoms. The number of aliphatic hydroxyl groups is 1. The molecule has 144 valence electrons. The van der Waals surface area contributed by atoms with Crippen LogP contribution < -0.4 is 5.32 Å². The molecule has 1 aromatic heterocycles. The van der Waals surface area contributed by atoms with Gasteiger partial charge in [0.05, 0.1) is 30.1 Å². The van der Waals surface area contributed by atoms with Crippen LogP contribution in [-0.4, -0.2) is 51.3 Å². The average Bonchev–Trinajstić information content (AvgIpc) is 3.07. The zero-order valence-corrected chi connectivity index (χ0v) is 15.8. The number of likely N-dealkylation sites (tertiary alicyclic amines) is 1. The van der Waals surface area contributed by atoms with Gasteiger partial charge in [0.1, 0.15) is 12.4 Å². The van der Waals surface area contributed by atoms with Crippen molar-refractivity contribution in [2.75, 3.05) is 18.4 Å². The summed E-state index contributed by atoms with van der Waals surface area (Å²) in [4.78, 5) is 22.9. The minimum absolute atomic E-state index is 0.217. The van der Waals surface area contributed by atoms with Gasteiger partial charge >= 0.3 is 6.09 Å². The number of benzene rings is 1. The molecule has 0 unspecified atom stereocenters. The van der Waals surface area contributed by atoms with Crippen LogP contribution in [0, 0.1) is 0 Å². The lowest BCUT2D eigenvalue weighted by atomic mass is 10.2. The van der Waals surface area contributed by atoms with Crippen molar-refractivity contribution in [3.05, 3.63) is 53.5 Å². The molecule has 1 aromatic carbocycles. The van der Waals surface area contributed by atoms with Crippen molar-refractivity contribution < 1.29 is 14.6 Å². The number of hydrogen-bond donors (Lipinski definition) is 2. The summed E-state index contributed by atoms with van der Waals surface area (Å²) in [5.41, 5.74) is 2.67. The van der Waals surface area contributed by atoms with Gasteiger partial charge in [-0.3, -0.25) is 4.98 Å². The first kappa shape index (κ1) is 19.1. The lowest BCUT2D eigenvalue weighted by Gasteiger charge is -2.19. The van der Waals surface area contributed by atoms with E-state index >= 15 is 0 Å². The molecule has 2 aromatic rings. The molecule has 0 saturated carbocycles. The van der Waals surface area contributed by atoms with Crippen LogP contribution in [0.4, 0.5) is 10.6 Å². The third-order valence-electron chi connectivity index (χ3n) is 4.67. The number of ether oxygens (including phenoxy) is 1. The van der Waals surface area contributed by atoms with Crippen LogP contribution in [0.3, 0.4) is 0 Å². The van der Waals surface area contributed by atoms with Crippen molar-refractivity contribution in [1.29, 1.82) is 0 Å². The molecule has 2 N–H and O–H groups in total. The van der Waals surface area contributed by atoms with Gasteiger partial charge in [0, 0.05) is 12.7 Å². The Labute approximate surface area is 159 Å². The Morgan fingerprint density at radius 2 is 2.04 bits per heavy atom. The topological polar surface area (TPSA) is 87.6 Å². The van der Waals surface area contributed by atoms with Crippen LogP contribution in [0.5, 0.6) is 0 Å². The van der Waals surface area contributed by atoms with Crippen LogP contribution in [0.2, 0.25) is 0 Å². The Morgan fingerprint density at radius 1 is 1.26 bits per heavy atom. The van der Waals surface area contributed by atoms with Gasteiger partial charge in [-0.05, 0) is 18.4 Å². The van der Waals surface area contributed by atoms with Crippen molar-refractivity contribution in [3.63, 3.8) is 0 Å². The summed E-state index contributed by atoms with van der Waals surface area (Å²) in [5.74, 6) is 0.681. The Balaban J connectivity index is 1.60. The number of hydrogen-bond acceptors (Lipinski definition) is 6. The number of anilines is 1. The molecule has 1 saturated heterocycles. The van der Waals surface area contributed by atoms with Crippen molar-refractivity contribution in [2.24, 2.45) is 0 Å². The highest BCUT2D eigenvalue weighted by Crippen LogP contribution is 2.19. The van der Waals surface area contributed by atoms with Gasteiger partial charge in [-0.25, -0.2) is 9.78 Å². The first-order valence-corrected chi connectivity index (χ1v) is 9.35. The number of nitrogens with one attached hydrogen (secondary N) is 1. The molecule has 0 aliphatic carbocycles. The highest BCUT2D eigenvalue weighted by atomic mass is 16.6. The van der Waals surface area contributed by atoms with Gasteiger partial charge in [-0.1, -0.05) is 44.2 Å². The molecule has 3 rings (SSSR count). The molecule has 1 amide bonds. The summed E-state index contributed by atoms with van der Waals surface area (Å²) in [6.07, 6.45) is 2.20. The Bertz CT molecular complexity index is 769. The Kier molecular flexibility index (Phi) is 6.24. The fraction of sp³-hybridized carbons (Fsp3) is 0.450. The van der Waals surface area contributed by atoms with Gasteiger partial charge in [-0.15, -0.1) is 0 Å². The number of amides is 1. The summed E-state index contributed by atoms with van der Waals surface area (Å²) in [5, 5.41) is 13.7. The fourth-order valence-electron chi connectivity index (χ4n) is 3.06. The zero-order valence-electron chi connectivity index (χ0n) is 15.8. The lowest BCUT2D eigenvalue weighted by Crippen LogP contribution is -2.34. The van der Waals surface area contributed by atoms with Gasteiger partial charge in [0.25, 0.3) is 0 Å². The third-order valence-corrected chi connectivity index (χ3v) is 4.67. The highest BCUT2D eigenvalue weighted by Gasteiger charge is 2.35. The highest BCUT2D eigenvalue weighted by molar-refractivity contribution is 5.68. The molecule has 1 aliphatic heterocycles. The maximum absolute atomic E-state index is 12.3.